The maximum Gasteiger partial charge on any atom is 0.271 e. The minimum atomic E-state index is -0.720. The number of hydrogen-bond acceptors (Lipinski definition) is 4. The standard InChI is InChI=1S/C22H18IN3O2/c1-15-19(13-24)21(27)26(12-11-16-5-3-2-4-6-16)22(28)20(15)14-25-18-9-7-17(23)8-10-18/h2-10,14,20H,11-12H2,1H3. The van der Waals surface area contributed by atoms with Gasteiger partial charge < -0.3 is 0 Å². The number of carbonyl (C=O) groups is 2. The molecule has 1 atom stereocenters. The van der Waals surface area contributed by atoms with E-state index in [1.807, 2.05) is 60.7 Å². The first-order valence-corrected chi connectivity index (χ1v) is 9.89. The largest absolute Gasteiger partial charge is 0.277 e. The topological polar surface area (TPSA) is 73.5 Å². The molecule has 5 nitrogen and oxygen atoms in total. The summed E-state index contributed by atoms with van der Waals surface area (Å²) in [6.07, 6.45) is 2.07. The number of benzene rings is 2. The molecule has 1 unspecified atom stereocenters. The van der Waals surface area contributed by atoms with Crippen LogP contribution in [0.2, 0.25) is 0 Å². The van der Waals surface area contributed by atoms with Gasteiger partial charge >= 0.3 is 0 Å². The van der Waals surface area contributed by atoms with Crippen LogP contribution in [0.3, 0.4) is 0 Å². The van der Waals surface area contributed by atoms with Gasteiger partial charge in [-0.05, 0) is 71.3 Å². The molecule has 2 aromatic carbocycles. The fourth-order valence-corrected chi connectivity index (χ4v) is 3.37. The lowest BCUT2D eigenvalue weighted by Gasteiger charge is -2.29. The van der Waals surface area contributed by atoms with Gasteiger partial charge in [-0.15, -0.1) is 0 Å². The third kappa shape index (κ3) is 4.37. The minimum Gasteiger partial charge on any atom is -0.277 e. The summed E-state index contributed by atoms with van der Waals surface area (Å²) >= 11 is 2.21. The molecule has 6 heteroatoms. The smallest absolute Gasteiger partial charge is 0.271 e. The third-order valence-electron chi connectivity index (χ3n) is 4.63. The first-order chi connectivity index (χ1) is 13.5. The number of hydrogen-bond donors (Lipinski definition) is 0. The lowest BCUT2D eigenvalue weighted by molar-refractivity contribution is -0.144. The molecule has 0 saturated heterocycles. The van der Waals surface area contributed by atoms with Gasteiger partial charge in [-0.2, -0.15) is 5.26 Å². The average molecular weight is 483 g/mol. The second-order valence-electron chi connectivity index (χ2n) is 6.43. The van der Waals surface area contributed by atoms with Crippen LogP contribution in [0.1, 0.15) is 12.5 Å². The number of aliphatic imine (C=N–C) groups is 1. The molecule has 1 aliphatic rings. The monoisotopic (exact) mass is 483 g/mol. The zero-order valence-corrected chi connectivity index (χ0v) is 17.5. The van der Waals surface area contributed by atoms with Crippen molar-refractivity contribution in [3.8, 4) is 6.07 Å². The summed E-state index contributed by atoms with van der Waals surface area (Å²) in [4.78, 5) is 31.2. The van der Waals surface area contributed by atoms with Crippen LogP contribution in [0.5, 0.6) is 0 Å². The van der Waals surface area contributed by atoms with E-state index in [4.69, 9.17) is 0 Å². The number of rotatable bonds is 5. The Labute approximate surface area is 177 Å². The zero-order chi connectivity index (χ0) is 20.1. The summed E-state index contributed by atoms with van der Waals surface area (Å²) in [5.74, 6) is -1.59. The molecule has 0 radical (unpaired) electrons. The van der Waals surface area contributed by atoms with Gasteiger partial charge in [0.25, 0.3) is 5.91 Å². The van der Waals surface area contributed by atoms with Crippen molar-refractivity contribution in [1.29, 1.82) is 5.26 Å². The number of nitriles is 1. The molecular weight excluding hydrogens is 465 g/mol. The van der Waals surface area contributed by atoms with Crippen molar-refractivity contribution in [2.45, 2.75) is 13.3 Å². The Morgan fingerprint density at radius 2 is 1.82 bits per heavy atom. The Bertz CT molecular complexity index is 989. The summed E-state index contributed by atoms with van der Waals surface area (Å²) in [7, 11) is 0. The molecule has 0 spiro atoms. The lowest BCUT2D eigenvalue weighted by Crippen LogP contribution is -2.47. The van der Waals surface area contributed by atoms with Gasteiger partial charge in [-0.3, -0.25) is 19.5 Å². The SMILES string of the molecule is CC1=C(C#N)C(=O)N(CCc2ccccc2)C(=O)C1C=Nc1ccc(I)cc1. The van der Waals surface area contributed by atoms with Gasteiger partial charge in [0.05, 0.1) is 11.6 Å². The summed E-state index contributed by atoms with van der Waals surface area (Å²) in [5.41, 5.74) is 2.21. The molecule has 1 heterocycles. The van der Waals surface area contributed by atoms with E-state index in [1.165, 1.54) is 11.1 Å². The zero-order valence-electron chi connectivity index (χ0n) is 15.3. The van der Waals surface area contributed by atoms with Crippen LogP contribution in [0.25, 0.3) is 0 Å². The molecule has 1 aliphatic heterocycles. The number of carbonyl (C=O) groups excluding carboxylic acids is 2. The molecular formula is C22H18IN3O2. The van der Waals surface area contributed by atoms with Crippen molar-refractivity contribution >= 4 is 46.3 Å². The van der Waals surface area contributed by atoms with Gasteiger partial charge in [0, 0.05) is 16.3 Å². The molecule has 0 aliphatic carbocycles. The number of amides is 2. The van der Waals surface area contributed by atoms with Gasteiger partial charge in [-0.25, -0.2) is 0 Å². The number of imide groups is 1. The van der Waals surface area contributed by atoms with Gasteiger partial charge in [0.2, 0.25) is 5.91 Å². The molecule has 0 bridgehead atoms. The summed E-state index contributed by atoms with van der Waals surface area (Å²) in [6, 6.07) is 19.2. The predicted octanol–water partition coefficient (Wildman–Crippen LogP) is 4.06. The lowest BCUT2D eigenvalue weighted by atomic mass is 9.90. The van der Waals surface area contributed by atoms with Crippen LogP contribution in [0.15, 0.2) is 70.7 Å². The van der Waals surface area contributed by atoms with E-state index >= 15 is 0 Å². The molecule has 0 aromatic heterocycles. The van der Waals surface area contributed by atoms with Crippen molar-refractivity contribution in [3.05, 3.63) is 74.9 Å². The van der Waals surface area contributed by atoms with Gasteiger partial charge in [-0.1, -0.05) is 30.3 Å². The summed E-state index contributed by atoms with van der Waals surface area (Å²) < 4.78 is 1.09. The van der Waals surface area contributed by atoms with E-state index in [9.17, 15) is 14.9 Å². The highest BCUT2D eigenvalue weighted by atomic mass is 127. The molecule has 0 fully saturated rings. The molecule has 3 rings (SSSR count). The van der Waals surface area contributed by atoms with Crippen LogP contribution in [0, 0.1) is 20.8 Å². The van der Waals surface area contributed by atoms with E-state index < -0.39 is 11.8 Å². The third-order valence-corrected chi connectivity index (χ3v) is 5.35. The Balaban J connectivity index is 1.85. The van der Waals surface area contributed by atoms with Crippen LogP contribution in [0.4, 0.5) is 5.69 Å². The van der Waals surface area contributed by atoms with E-state index in [-0.39, 0.29) is 18.0 Å². The second-order valence-corrected chi connectivity index (χ2v) is 7.68. The second kappa shape index (κ2) is 8.93. The Morgan fingerprint density at radius 3 is 2.46 bits per heavy atom. The average Bonchev–Trinajstić information content (AvgIpc) is 2.70. The van der Waals surface area contributed by atoms with Crippen molar-refractivity contribution in [1.82, 2.24) is 4.90 Å². The van der Waals surface area contributed by atoms with E-state index in [2.05, 4.69) is 27.6 Å². The Kier molecular flexibility index (Phi) is 6.37. The quantitative estimate of drug-likeness (QED) is 0.366. The van der Waals surface area contributed by atoms with E-state index in [1.54, 1.807) is 6.92 Å². The Morgan fingerprint density at radius 1 is 1.14 bits per heavy atom. The fraction of sp³-hybridized carbons (Fsp3) is 0.182. The molecule has 28 heavy (non-hydrogen) atoms. The molecule has 0 N–H and O–H groups in total. The van der Waals surface area contributed by atoms with Crippen LogP contribution in [-0.4, -0.2) is 29.5 Å². The highest BCUT2D eigenvalue weighted by Gasteiger charge is 2.38. The summed E-state index contributed by atoms with van der Waals surface area (Å²) in [6.45, 7) is 1.88. The van der Waals surface area contributed by atoms with Crippen molar-refractivity contribution in [2.24, 2.45) is 10.9 Å². The van der Waals surface area contributed by atoms with Crippen LogP contribution in [-0.2, 0) is 16.0 Å². The fourth-order valence-electron chi connectivity index (χ4n) is 3.01. The molecule has 140 valence electrons. The van der Waals surface area contributed by atoms with Crippen molar-refractivity contribution < 1.29 is 9.59 Å². The molecule has 0 saturated carbocycles. The van der Waals surface area contributed by atoms with Gasteiger partial charge in [0.1, 0.15) is 11.6 Å². The minimum absolute atomic E-state index is 0.0201. The highest BCUT2D eigenvalue weighted by molar-refractivity contribution is 14.1. The van der Waals surface area contributed by atoms with Crippen LogP contribution >= 0.6 is 22.6 Å². The number of nitrogens with zero attached hydrogens (tertiary/aromatic N) is 3. The normalized spacial score (nSPS) is 17.3. The van der Waals surface area contributed by atoms with Crippen molar-refractivity contribution in [3.63, 3.8) is 0 Å². The van der Waals surface area contributed by atoms with E-state index in [0.717, 1.165) is 9.13 Å². The maximum atomic E-state index is 13.0. The Hall–Kier alpha value is -2.79. The first kappa shape index (κ1) is 20.0. The molecule has 2 aromatic rings. The van der Waals surface area contributed by atoms with Gasteiger partial charge in [0.15, 0.2) is 0 Å². The first-order valence-electron chi connectivity index (χ1n) is 8.81. The highest BCUT2D eigenvalue weighted by Crippen LogP contribution is 2.26. The van der Waals surface area contributed by atoms with E-state index in [0.29, 0.717) is 17.7 Å². The van der Waals surface area contributed by atoms with Crippen molar-refractivity contribution in [2.75, 3.05) is 6.54 Å². The number of halogens is 1. The maximum absolute atomic E-state index is 13.0. The predicted molar refractivity (Wildman–Crippen MR) is 116 cm³/mol. The molecule has 2 amide bonds. The van der Waals surface area contributed by atoms with Crippen LogP contribution < -0.4 is 0 Å². The summed E-state index contributed by atoms with van der Waals surface area (Å²) in [5, 5.41) is 9.44.